The van der Waals surface area contributed by atoms with Crippen molar-refractivity contribution in [3.05, 3.63) is 59.2 Å². The number of hydrogen-bond acceptors (Lipinski definition) is 2. The van der Waals surface area contributed by atoms with E-state index in [1.54, 1.807) is 24.3 Å². The number of amides is 2. The summed E-state index contributed by atoms with van der Waals surface area (Å²) in [5.41, 5.74) is 1.75. The van der Waals surface area contributed by atoms with Crippen LogP contribution in [0, 0.1) is 11.6 Å². The number of benzene rings is 3. The van der Waals surface area contributed by atoms with Gasteiger partial charge in [-0.1, -0.05) is 24.3 Å². The first-order chi connectivity index (χ1) is 13.1. The molecule has 5 aromatic rings. The highest BCUT2D eigenvalue weighted by atomic mass is 19.1. The van der Waals surface area contributed by atoms with Crippen molar-refractivity contribution in [2.75, 3.05) is 0 Å². The van der Waals surface area contributed by atoms with Crippen LogP contribution in [0.5, 0.6) is 0 Å². The van der Waals surface area contributed by atoms with E-state index >= 15 is 0 Å². The minimum Gasteiger partial charge on any atom is -0.350 e. The maximum absolute atomic E-state index is 14.3. The van der Waals surface area contributed by atoms with Crippen molar-refractivity contribution < 1.29 is 18.4 Å². The summed E-state index contributed by atoms with van der Waals surface area (Å²) >= 11 is 0. The predicted octanol–water partition coefficient (Wildman–Crippen LogP) is 4.12. The number of para-hydroxylation sites is 2. The number of imide groups is 1. The summed E-state index contributed by atoms with van der Waals surface area (Å²) in [6, 6.07) is 9.07. The molecule has 0 saturated carbocycles. The molecule has 0 saturated heterocycles. The van der Waals surface area contributed by atoms with Gasteiger partial charge in [0.1, 0.15) is 11.6 Å². The van der Waals surface area contributed by atoms with Gasteiger partial charge in [0.25, 0.3) is 11.8 Å². The van der Waals surface area contributed by atoms with E-state index in [0.29, 0.717) is 32.6 Å². The number of aromatic nitrogens is 2. The summed E-state index contributed by atoms with van der Waals surface area (Å²) in [5.74, 6) is -2.04. The zero-order valence-corrected chi connectivity index (χ0v) is 13.5. The van der Waals surface area contributed by atoms with Crippen LogP contribution in [-0.2, 0) is 0 Å². The number of aromatic amines is 2. The Labute approximate surface area is 149 Å². The number of carbonyl (C=O) groups is 2. The van der Waals surface area contributed by atoms with Crippen LogP contribution in [0.15, 0.2) is 36.4 Å². The van der Waals surface area contributed by atoms with Gasteiger partial charge in [-0.2, -0.15) is 0 Å². The minimum absolute atomic E-state index is 0.185. The maximum Gasteiger partial charge on any atom is 0.259 e. The topological polar surface area (TPSA) is 77.8 Å². The van der Waals surface area contributed by atoms with Gasteiger partial charge in [-0.3, -0.25) is 14.9 Å². The van der Waals surface area contributed by atoms with Gasteiger partial charge in [-0.05, 0) is 12.1 Å². The number of nitrogens with one attached hydrogen (secondary N) is 3. The lowest BCUT2D eigenvalue weighted by Crippen LogP contribution is -2.20. The second kappa shape index (κ2) is 4.50. The number of H-pyrrole nitrogens is 2. The summed E-state index contributed by atoms with van der Waals surface area (Å²) in [5, 5.41) is 4.19. The highest BCUT2D eigenvalue weighted by Crippen LogP contribution is 2.42. The first-order valence-electron chi connectivity index (χ1n) is 8.27. The fourth-order valence-electron chi connectivity index (χ4n) is 4.19. The molecular weight excluding hydrogens is 352 g/mol. The number of hydrogen-bond donors (Lipinski definition) is 3. The molecule has 0 bridgehead atoms. The smallest absolute Gasteiger partial charge is 0.259 e. The van der Waals surface area contributed by atoms with Gasteiger partial charge in [0.05, 0.1) is 33.2 Å². The lowest BCUT2D eigenvalue weighted by atomic mass is 9.97. The minimum atomic E-state index is -0.544. The predicted molar refractivity (Wildman–Crippen MR) is 96.9 cm³/mol. The van der Waals surface area contributed by atoms with Gasteiger partial charge >= 0.3 is 0 Å². The largest absolute Gasteiger partial charge is 0.350 e. The Morgan fingerprint density at radius 3 is 1.52 bits per heavy atom. The molecule has 0 fully saturated rings. The van der Waals surface area contributed by atoms with Crippen molar-refractivity contribution in [1.29, 1.82) is 0 Å². The Morgan fingerprint density at radius 2 is 1.07 bits per heavy atom. The number of halogens is 2. The molecule has 3 heterocycles. The van der Waals surface area contributed by atoms with Crippen molar-refractivity contribution >= 4 is 55.4 Å². The maximum atomic E-state index is 14.3. The molecule has 6 rings (SSSR count). The average Bonchev–Trinajstić information content (AvgIpc) is 3.28. The Balaban J connectivity index is 2.03. The molecule has 0 spiro atoms. The third-order valence-corrected chi connectivity index (χ3v) is 5.25. The van der Waals surface area contributed by atoms with Crippen LogP contribution in [-0.4, -0.2) is 21.8 Å². The molecule has 0 aliphatic carbocycles. The third kappa shape index (κ3) is 1.57. The van der Waals surface area contributed by atoms with Gasteiger partial charge < -0.3 is 9.97 Å². The Morgan fingerprint density at radius 1 is 0.630 bits per heavy atom. The zero-order valence-electron chi connectivity index (χ0n) is 13.5. The molecule has 3 N–H and O–H groups in total. The van der Waals surface area contributed by atoms with Crippen molar-refractivity contribution in [3.8, 4) is 0 Å². The van der Waals surface area contributed by atoms with Crippen LogP contribution in [0.3, 0.4) is 0 Å². The number of fused-ring (bicyclic) bond motifs is 10. The van der Waals surface area contributed by atoms with Crippen molar-refractivity contribution in [3.63, 3.8) is 0 Å². The van der Waals surface area contributed by atoms with Crippen molar-refractivity contribution in [1.82, 2.24) is 15.3 Å². The second-order valence-corrected chi connectivity index (χ2v) is 6.61. The van der Waals surface area contributed by atoms with Crippen molar-refractivity contribution in [2.24, 2.45) is 0 Å². The molecule has 0 atom stereocenters. The van der Waals surface area contributed by atoms with Crippen molar-refractivity contribution in [2.45, 2.75) is 0 Å². The molecule has 130 valence electrons. The summed E-state index contributed by atoms with van der Waals surface area (Å²) in [6.45, 7) is 0. The monoisotopic (exact) mass is 361 g/mol. The number of rotatable bonds is 0. The molecule has 3 aromatic carbocycles. The molecule has 27 heavy (non-hydrogen) atoms. The molecule has 7 heteroatoms. The quantitative estimate of drug-likeness (QED) is 0.363. The first kappa shape index (κ1) is 14.4. The van der Waals surface area contributed by atoms with Gasteiger partial charge in [0.2, 0.25) is 0 Å². The normalized spacial score (nSPS) is 14.0. The Hall–Kier alpha value is -3.74. The van der Waals surface area contributed by atoms with Crippen LogP contribution >= 0.6 is 0 Å². The summed E-state index contributed by atoms with van der Waals surface area (Å²) in [4.78, 5) is 31.2. The Bertz CT molecular complexity index is 1400. The summed E-state index contributed by atoms with van der Waals surface area (Å²) in [7, 11) is 0. The summed E-state index contributed by atoms with van der Waals surface area (Å²) in [6.07, 6.45) is 0. The van der Waals surface area contributed by atoms with Gasteiger partial charge in [-0.25, -0.2) is 8.78 Å². The number of carbonyl (C=O) groups excluding carboxylic acids is 2. The van der Waals surface area contributed by atoms with Gasteiger partial charge in [0.15, 0.2) is 0 Å². The summed E-state index contributed by atoms with van der Waals surface area (Å²) < 4.78 is 28.7. The molecule has 0 radical (unpaired) electrons. The molecule has 2 amide bonds. The lowest BCUT2D eigenvalue weighted by Gasteiger charge is -2.02. The molecule has 1 aliphatic heterocycles. The first-order valence-corrected chi connectivity index (χ1v) is 8.27. The Kier molecular flexibility index (Phi) is 2.41. The van der Waals surface area contributed by atoms with Crippen LogP contribution in [0.1, 0.15) is 20.7 Å². The van der Waals surface area contributed by atoms with Crippen LogP contribution in [0.25, 0.3) is 43.6 Å². The van der Waals surface area contributed by atoms with Gasteiger partial charge in [0, 0.05) is 21.5 Å². The standard InChI is InChI=1S/C20H9F2N3O2/c21-9-5-1-3-7-11-13-14(20(27)25-19(13)26)12-8-4-2-6-10(22)16(8)24-18(12)17(11)23-15(7)9/h1-6,23-24H,(H,25,26,27). The van der Waals surface area contributed by atoms with E-state index in [1.165, 1.54) is 12.1 Å². The highest BCUT2D eigenvalue weighted by molar-refractivity contribution is 6.39. The molecular formula is C20H9F2N3O2. The van der Waals surface area contributed by atoms with Crippen LogP contribution < -0.4 is 5.32 Å². The third-order valence-electron chi connectivity index (χ3n) is 5.25. The van der Waals surface area contributed by atoms with E-state index < -0.39 is 23.4 Å². The molecule has 1 aliphatic rings. The van der Waals surface area contributed by atoms with E-state index in [4.69, 9.17) is 0 Å². The molecule has 2 aromatic heterocycles. The lowest BCUT2D eigenvalue weighted by molar-refractivity contribution is 0.0880. The van der Waals surface area contributed by atoms with E-state index in [9.17, 15) is 18.4 Å². The van der Waals surface area contributed by atoms with E-state index in [1.807, 2.05) is 0 Å². The van der Waals surface area contributed by atoms with E-state index in [2.05, 4.69) is 15.3 Å². The van der Waals surface area contributed by atoms with E-state index in [-0.39, 0.29) is 22.2 Å². The van der Waals surface area contributed by atoms with Gasteiger partial charge in [-0.15, -0.1) is 0 Å². The molecule has 0 unspecified atom stereocenters. The molecule has 5 nitrogen and oxygen atoms in total. The van der Waals surface area contributed by atoms with E-state index in [0.717, 1.165) is 0 Å². The second-order valence-electron chi connectivity index (χ2n) is 6.61. The zero-order chi connectivity index (χ0) is 18.4. The fourth-order valence-corrected chi connectivity index (χ4v) is 4.19. The SMILES string of the molecule is O=C1NC(=O)c2c1c1c3cccc(F)c3[nH]c1c1[nH]c3c(F)cccc3c21. The van der Waals surface area contributed by atoms with Crippen LogP contribution in [0.4, 0.5) is 8.78 Å². The average molecular weight is 361 g/mol. The fraction of sp³-hybridized carbons (Fsp3) is 0. The highest BCUT2D eigenvalue weighted by Gasteiger charge is 2.35. The van der Waals surface area contributed by atoms with Crippen LogP contribution in [0.2, 0.25) is 0 Å².